The van der Waals surface area contributed by atoms with Gasteiger partial charge in [0.1, 0.15) is 0 Å². The van der Waals surface area contributed by atoms with Crippen molar-refractivity contribution in [2.24, 2.45) is 0 Å². The summed E-state index contributed by atoms with van der Waals surface area (Å²) in [5, 5.41) is 0. The summed E-state index contributed by atoms with van der Waals surface area (Å²) in [5.74, 6) is 0. The van der Waals surface area contributed by atoms with Crippen LogP contribution in [0.25, 0.3) is 0 Å². The van der Waals surface area contributed by atoms with E-state index < -0.39 is 0 Å². The van der Waals surface area contributed by atoms with Gasteiger partial charge in [-0.15, -0.1) is 0 Å². The molecule has 2 heterocycles. The monoisotopic (exact) mass is 234 g/mol. The van der Waals surface area contributed by atoms with Crippen LogP contribution in [-0.2, 0) is 17.7 Å². The molecule has 94 valence electrons. The maximum atomic E-state index is 5.31. The minimum Gasteiger partial charge on any atom is -0.383 e. The third-order valence-electron chi connectivity index (χ3n) is 3.54. The molecule has 1 aromatic heterocycles. The number of aromatic nitrogens is 1. The zero-order chi connectivity index (χ0) is 12.5. The molecule has 0 atom stereocenters. The molecule has 1 aliphatic heterocycles. The van der Waals surface area contributed by atoms with Crippen LogP contribution in [0.15, 0.2) is 12.1 Å². The van der Waals surface area contributed by atoms with Crippen LogP contribution in [0.4, 0.5) is 0 Å². The first-order valence-electron chi connectivity index (χ1n) is 6.22. The first kappa shape index (κ1) is 12.5. The lowest BCUT2D eigenvalue weighted by Crippen LogP contribution is -2.49. The highest BCUT2D eigenvalue weighted by molar-refractivity contribution is 5.25. The number of nitrogens with zero attached hydrogens (tertiary/aromatic N) is 2. The molecule has 1 aliphatic rings. The SMILES string of the molecule is COCC(C)(C)N1CCc2nc(C)ccc2C1. The third kappa shape index (κ3) is 2.67. The molecule has 0 saturated carbocycles. The lowest BCUT2D eigenvalue weighted by molar-refractivity contribution is 0.0244. The van der Waals surface area contributed by atoms with Crippen molar-refractivity contribution >= 4 is 0 Å². The van der Waals surface area contributed by atoms with Crippen molar-refractivity contribution in [1.82, 2.24) is 9.88 Å². The lowest BCUT2D eigenvalue weighted by Gasteiger charge is -2.40. The Morgan fingerprint density at radius 1 is 1.41 bits per heavy atom. The van der Waals surface area contributed by atoms with Gasteiger partial charge in [0.25, 0.3) is 0 Å². The molecule has 0 radical (unpaired) electrons. The van der Waals surface area contributed by atoms with E-state index in [-0.39, 0.29) is 5.54 Å². The van der Waals surface area contributed by atoms with Crippen molar-refractivity contribution in [1.29, 1.82) is 0 Å². The van der Waals surface area contributed by atoms with Gasteiger partial charge in [0.2, 0.25) is 0 Å². The molecule has 0 aromatic carbocycles. The quantitative estimate of drug-likeness (QED) is 0.801. The smallest absolute Gasteiger partial charge is 0.0641 e. The normalized spacial score (nSPS) is 16.9. The minimum atomic E-state index is 0.0946. The van der Waals surface area contributed by atoms with Crippen LogP contribution in [0.5, 0.6) is 0 Å². The van der Waals surface area contributed by atoms with Gasteiger partial charge in [-0.1, -0.05) is 6.07 Å². The summed E-state index contributed by atoms with van der Waals surface area (Å²) in [6, 6.07) is 4.32. The van der Waals surface area contributed by atoms with Gasteiger partial charge < -0.3 is 4.74 Å². The van der Waals surface area contributed by atoms with Gasteiger partial charge in [-0.05, 0) is 32.4 Å². The number of hydrogen-bond acceptors (Lipinski definition) is 3. The second kappa shape index (κ2) is 4.75. The Kier molecular flexibility index (Phi) is 3.50. The van der Waals surface area contributed by atoms with Gasteiger partial charge in [-0.3, -0.25) is 9.88 Å². The predicted molar refractivity (Wildman–Crippen MR) is 69.0 cm³/mol. The number of pyridine rings is 1. The molecule has 0 unspecified atom stereocenters. The van der Waals surface area contributed by atoms with Crippen LogP contribution < -0.4 is 0 Å². The highest BCUT2D eigenvalue weighted by atomic mass is 16.5. The molecule has 3 heteroatoms. The Balaban J connectivity index is 2.16. The van der Waals surface area contributed by atoms with Crippen LogP contribution in [0.1, 0.15) is 30.8 Å². The zero-order valence-electron chi connectivity index (χ0n) is 11.3. The molecule has 17 heavy (non-hydrogen) atoms. The molecule has 0 amide bonds. The number of fused-ring (bicyclic) bond motifs is 1. The molecule has 0 N–H and O–H groups in total. The van der Waals surface area contributed by atoms with Crippen molar-refractivity contribution in [2.75, 3.05) is 20.3 Å². The number of hydrogen-bond donors (Lipinski definition) is 0. The molecule has 3 nitrogen and oxygen atoms in total. The highest BCUT2D eigenvalue weighted by Gasteiger charge is 2.30. The van der Waals surface area contributed by atoms with E-state index in [1.54, 1.807) is 7.11 Å². The molecule has 0 saturated heterocycles. The summed E-state index contributed by atoms with van der Waals surface area (Å²) in [7, 11) is 1.77. The number of aryl methyl sites for hydroxylation is 1. The summed E-state index contributed by atoms with van der Waals surface area (Å²) in [6.07, 6.45) is 1.05. The van der Waals surface area contributed by atoms with Gasteiger partial charge in [0.05, 0.1) is 6.61 Å². The average Bonchev–Trinajstić information content (AvgIpc) is 2.28. The largest absolute Gasteiger partial charge is 0.383 e. The van der Waals surface area contributed by atoms with Crippen molar-refractivity contribution in [3.05, 3.63) is 29.1 Å². The number of methoxy groups -OCH3 is 1. The van der Waals surface area contributed by atoms with Crippen LogP contribution in [0.3, 0.4) is 0 Å². The molecular formula is C14H22N2O. The first-order chi connectivity index (χ1) is 8.03. The third-order valence-corrected chi connectivity index (χ3v) is 3.54. The fourth-order valence-electron chi connectivity index (χ4n) is 2.49. The maximum absolute atomic E-state index is 5.31. The van der Waals surface area contributed by atoms with E-state index in [1.807, 2.05) is 0 Å². The first-order valence-corrected chi connectivity index (χ1v) is 6.22. The van der Waals surface area contributed by atoms with Crippen LogP contribution in [-0.4, -0.2) is 35.7 Å². The Morgan fingerprint density at radius 3 is 2.88 bits per heavy atom. The lowest BCUT2D eigenvalue weighted by atomic mass is 9.97. The Hall–Kier alpha value is -0.930. The second-order valence-electron chi connectivity index (χ2n) is 5.48. The molecule has 0 bridgehead atoms. The highest BCUT2D eigenvalue weighted by Crippen LogP contribution is 2.24. The Labute approximate surface area is 104 Å². The van der Waals surface area contributed by atoms with E-state index in [1.165, 1.54) is 11.3 Å². The average molecular weight is 234 g/mol. The van der Waals surface area contributed by atoms with Crippen LogP contribution in [0, 0.1) is 6.92 Å². The summed E-state index contributed by atoms with van der Waals surface area (Å²) < 4.78 is 5.31. The van der Waals surface area contributed by atoms with E-state index >= 15 is 0 Å². The van der Waals surface area contributed by atoms with Crippen molar-refractivity contribution in [2.45, 2.75) is 39.3 Å². The second-order valence-corrected chi connectivity index (χ2v) is 5.48. The van der Waals surface area contributed by atoms with Gasteiger partial charge in [-0.2, -0.15) is 0 Å². The van der Waals surface area contributed by atoms with E-state index in [4.69, 9.17) is 4.74 Å². The molecular weight excluding hydrogens is 212 g/mol. The Bertz CT molecular complexity index is 401. The van der Waals surface area contributed by atoms with Crippen molar-refractivity contribution in [3.8, 4) is 0 Å². The van der Waals surface area contributed by atoms with Gasteiger partial charge in [0.15, 0.2) is 0 Å². The van der Waals surface area contributed by atoms with Gasteiger partial charge in [-0.25, -0.2) is 0 Å². The Morgan fingerprint density at radius 2 is 2.18 bits per heavy atom. The molecule has 0 fully saturated rings. The summed E-state index contributed by atoms with van der Waals surface area (Å²) >= 11 is 0. The fourth-order valence-corrected chi connectivity index (χ4v) is 2.49. The zero-order valence-corrected chi connectivity index (χ0v) is 11.3. The maximum Gasteiger partial charge on any atom is 0.0641 e. The topological polar surface area (TPSA) is 25.4 Å². The van der Waals surface area contributed by atoms with Crippen LogP contribution >= 0.6 is 0 Å². The summed E-state index contributed by atoms with van der Waals surface area (Å²) in [5.41, 5.74) is 3.85. The number of rotatable bonds is 3. The van der Waals surface area contributed by atoms with E-state index in [0.29, 0.717) is 0 Å². The van der Waals surface area contributed by atoms with E-state index in [2.05, 4.69) is 42.8 Å². The standard InChI is InChI=1S/C14H22N2O/c1-11-5-6-12-9-16(8-7-13(12)15-11)14(2,3)10-17-4/h5-6H,7-10H2,1-4H3. The molecule has 2 rings (SSSR count). The predicted octanol–water partition coefficient (Wildman–Crippen LogP) is 2.17. The van der Waals surface area contributed by atoms with Gasteiger partial charge in [0, 0.05) is 43.5 Å². The van der Waals surface area contributed by atoms with Crippen LogP contribution in [0.2, 0.25) is 0 Å². The molecule has 1 aromatic rings. The van der Waals surface area contributed by atoms with Crippen molar-refractivity contribution < 1.29 is 4.74 Å². The van der Waals surface area contributed by atoms with Crippen molar-refractivity contribution in [3.63, 3.8) is 0 Å². The van der Waals surface area contributed by atoms with E-state index in [0.717, 1.165) is 31.8 Å². The molecule has 0 aliphatic carbocycles. The number of ether oxygens (including phenoxy) is 1. The summed E-state index contributed by atoms with van der Waals surface area (Å²) in [6.45, 7) is 9.36. The van der Waals surface area contributed by atoms with Gasteiger partial charge >= 0.3 is 0 Å². The summed E-state index contributed by atoms with van der Waals surface area (Å²) in [4.78, 5) is 7.10. The molecule has 0 spiro atoms. The minimum absolute atomic E-state index is 0.0946. The fraction of sp³-hybridized carbons (Fsp3) is 0.643. The van der Waals surface area contributed by atoms with E-state index in [9.17, 15) is 0 Å².